The summed E-state index contributed by atoms with van der Waals surface area (Å²) in [4.78, 5) is 14.7. The fourth-order valence-corrected chi connectivity index (χ4v) is 5.34. The summed E-state index contributed by atoms with van der Waals surface area (Å²) < 4.78 is 6.41. The maximum absolute atomic E-state index is 6.41. The molecule has 0 saturated heterocycles. The van der Waals surface area contributed by atoms with E-state index in [9.17, 15) is 0 Å². The molecule has 0 bridgehead atoms. The van der Waals surface area contributed by atoms with Gasteiger partial charge in [-0.05, 0) is 42.0 Å². The summed E-state index contributed by atoms with van der Waals surface area (Å²) in [6, 6.07) is 37.3. The Morgan fingerprint density at radius 2 is 1.32 bits per heavy atom. The van der Waals surface area contributed by atoms with Crippen LogP contribution < -0.4 is 0 Å². The molecule has 4 aromatic heterocycles. The van der Waals surface area contributed by atoms with Gasteiger partial charge in [0.25, 0.3) is 0 Å². The van der Waals surface area contributed by atoms with E-state index in [0.29, 0.717) is 0 Å². The van der Waals surface area contributed by atoms with E-state index < -0.39 is 0 Å². The van der Waals surface area contributed by atoms with Gasteiger partial charge < -0.3 is 4.42 Å². The molecule has 0 radical (unpaired) electrons. The molecule has 8 rings (SSSR count). The van der Waals surface area contributed by atoms with Gasteiger partial charge in [-0.2, -0.15) is 0 Å². The summed E-state index contributed by atoms with van der Waals surface area (Å²) in [6.45, 7) is 0. The predicted octanol–water partition coefficient (Wildman–Crippen LogP) is 8.56. The van der Waals surface area contributed by atoms with Crippen molar-refractivity contribution in [3.8, 4) is 22.4 Å². The number of fused-ring (bicyclic) bond motifs is 7. The van der Waals surface area contributed by atoms with Gasteiger partial charge in [0.1, 0.15) is 11.1 Å². The van der Waals surface area contributed by atoms with Crippen molar-refractivity contribution in [1.29, 1.82) is 0 Å². The highest BCUT2D eigenvalue weighted by Gasteiger charge is 2.18. The van der Waals surface area contributed by atoms with Crippen LogP contribution in [-0.4, -0.2) is 15.0 Å². The lowest BCUT2D eigenvalue weighted by Gasteiger charge is -2.10. The van der Waals surface area contributed by atoms with Gasteiger partial charge in [0, 0.05) is 38.9 Å². The minimum absolute atomic E-state index is 0.804. The third-order valence-electron chi connectivity index (χ3n) is 7.08. The van der Waals surface area contributed by atoms with Crippen LogP contribution in [0.25, 0.3) is 77.2 Å². The number of hydrogen-bond donors (Lipinski definition) is 0. The van der Waals surface area contributed by atoms with Crippen molar-refractivity contribution in [1.82, 2.24) is 15.0 Å². The number of benzene rings is 4. The van der Waals surface area contributed by atoms with Crippen LogP contribution in [0.2, 0.25) is 0 Å². The van der Waals surface area contributed by atoms with E-state index in [1.54, 1.807) is 0 Å². The zero-order valence-corrected chi connectivity index (χ0v) is 19.7. The van der Waals surface area contributed by atoms with E-state index in [-0.39, 0.29) is 0 Å². The van der Waals surface area contributed by atoms with E-state index in [1.807, 2.05) is 36.5 Å². The minimum atomic E-state index is 0.804. The first-order chi connectivity index (χ1) is 18.3. The number of pyridine rings is 3. The van der Waals surface area contributed by atoms with E-state index in [1.165, 1.54) is 0 Å². The Morgan fingerprint density at radius 3 is 2.27 bits per heavy atom. The number of rotatable bonds is 2. The second-order valence-corrected chi connectivity index (χ2v) is 9.27. The van der Waals surface area contributed by atoms with Crippen LogP contribution >= 0.6 is 0 Å². The first-order valence-electron chi connectivity index (χ1n) is 12.3. The van der Waals surface area contributed by atoms with Crippen LogP contribution in [0.1, 0.15) is 0 Å². The molecule has 37 heavy (non-hydrogen) atoms. The van der Waals surface area contributed by atoms with Gasteiger partial charge in [0.15, 0.2) is 5.58 Å². The molecular formula is C33H19N3O. The van der Waals surface area contributed by atoms with Crippen molar-refractivity contribution >= 4 is 54.8 Å². The molecule has 0 spiro atoms. The molecule has 4 heterocycles. The van der Waals surface area contributed by atoms with Crippen molar-refractivity contribution < 1.29 is 4.42 Å². The van der Waals surface area contributed by atoms with Gasteiger partial charge in [-0.1, -0.05) is 72.8 Å². The van der Waals surface area contributed by atoms with Gasteiger partial charge in [0.05, 0.1) is 22.2 Å². The van der Waals surface area contributed by atoms with Crippen molar-refractivity contribution in [3.63, 3.8) is 0 Å². The zero-order valence-electron chi connectivity index (χ0n) is 19.7. The molecule has 0 aliphatic carbocycles. The molecule has 0 amide bonds. The van der Waals surface area contributed by atoms with Crippen LogP contribution in [0.4, 0.5) is 0 Å². The second-order valence-electron chi connectivity index (χ2n) is 9.27. The van der Waals surface area contributed by atoms with Crippen molar-refractivity contribution in [3.05, 3.63) is 115 Å². The topological polar surface area (TPSA) is 51.8 Å². The smallest absolute Gasteiger partial charge is 0.162 e. The number of hydrogen-bond acceptors (Lipinski definition) is 4. The van der Waals surface area contributed by atoms with Gasteiger partial charge in [0.2, 0.25) is 0 Å². The van der Waals surface area contributed by atoms with Gasteiger partial charge >= 0.3 is 0 Å². The van der Waals surface area contributed by atoms with Crippen molar-refractivity contribution in [2.75, 3.05) is 0 Å². The third-order valence-corrected chi connectivity index (χ3v) is 7.08. The Morgan fingerprint density at radius 1 is 0.541 bits per heavy atom. The summed E-state index contributed by atoms with van der Waals surface area (Å²) in [5, 5.41) is 4.25. The van der Waals surface area contributed by atoms with Crippen molar-refractivity contribution in [2.45, 2.75) is 0 Å². The molecule has 0 saturated carbocycles. The largest absolute Gasteiger partial charge is 0.454 e. The van der Waals surface area contributed by atoms with Crippen LogP contribution in [0, 0.1) is 0 Å². The van der Waals surface area contributed by atoms with Crippen LogP contribution in [0.5, 0.6) is 0 Å². The maximum Gasteiger partial charge on any atom is 0.162 e. The molecule has 0 fully saturated rings. The second kappa shape index (κ2) is 7.70. The molecule has 8 aromatic rings. The summed E-state index contributed by atoms with van der Waals surface area (Å²) in [7, 11) is 0. The quantitative estimate of drug-likeness (QED) is 0.236. The van der Waals surface area contributed by atoms with Crippen LogP contribution in [-0.2, 0) is 0 Å². The van der Waals surface area contributed by atoms with E-state index in [4.69, 9.17) is 14.4 Å². The SMILES string of the molecule is c1cc(-c2ccc3ccc4cccnc4c3n2)cc(-c2c3ccccc3nc3c2oc2ccccc23)c1. The number of para-hydroxylation sites is 2. The predicted molar refractivity (Wildman–Crippen MR) is 150 cm³/mol. The Bertz CT molecular complexity index is 2160. The Hall–Kier alpha value is -5.09. The van der Waals surface area contributed by atoms with Gasteiger partial charge in [-0.25, -0.2) is 9.97 Å². The number of furan rings is 1. The molecule has 0 atom stereocenters. The monoisotopic (exact) mass is 473 g/mol. The molecule has 4 heteroatoms. The minimum Gasteiger partial charge on any atom is -0.454 e. The Balaban J connectivity index is 1.39. The highest BCUT2D eigenvalue weighted by atomic mass is 16.3. The van der Waals surface area contributed by atoms with E-state index in [2.05, 4.69) is 83.8 Å². The van der Waals surface area contributed by atoms with Gasteiger partial charge in [-0.15, -0.1) is 0 Å². The fourth-order valence-electron chi connectivity index (χ4n) is 5.34. The summed E-state index contributed by atoms with van der Waals surface area (Å²) in [5.41, 5.74) is 9.37. The fraction of sp³-hybridized carbons (Fsp3) is 0. The average molecular weight is 474 g/mol. The lowest BCUT2D eigenvalue weighted by atomic mass is 9.97. The normalized spacial score (nSPS) is 11.8. The van der Waals surface area contributed by atoms with Crippen LogP contribution in [0.3, 0.4) is 0 Å². The highest BCUT2D eigenvalue weighted by molar-refractivity contribution is 6.15. The van der Waals surface area contributed by atoms with Crippen molar-refractivity contribution in [2.24, 2.45) is 0 Å². The molecule has 0 aliphatic heterocycles. The summed E-state index contributed by atoms with van der Waals surface area (Å²) in [5.74, 6) is 0. The number of aromatic nitrogens is 3. The lowest BCUT2D eigenvalue weighted by Crippen LogP contribution is -1.90. The maximum atomic E-state index is 6.41. The van der Waals surface area contributed by atoms with Gasteiger partial charge in [-0.3, -0.25) is 4.98 Å². The molecule has 0 N–H and O–H groups in total. The molecule has 0 aliphatic rings. The first kappa shape index (κ1) is 20.1. The highest BCUT2D eigenvalue weighted by Crippen LogP contribution is 2.40. The molecule has 172 valence electrons. The zero-order chi connectivity index (χ0) is 24.3. The first-order valence-corrected chi connectivity index (χ1v) is 12.3. The average Bonchev–Trinajstić information content (AvgIpc) is 3.33. The Kier molecular flexibility index (Phi) is 4.19. The summed E-state index contributed by atoms with van der Waals surface area (Å²) in [6.07, 6.45) is 1.82. The molecule has 4 aromatic carbocycles. The van der Waals surface area contributed by atoms with E-state index in [0.717, 1.165) is 77.2 Å². The molecular weight excluding hydrogens is 454 g/mol. The lowest BCUT2D eigenvalue weighted by molar-refractivity contribution is 0.670. The standard InChI is InChI=1S/C33H19N3O/c1-3-12-27-24(10-1)29(33-32(36-27)25-11-2-4-13-28(25)37-33)23-8-5-7-22(19-23)26-17-16-21-15-14-20-9-6-18-34-30(20)31(21)35-26/h1-19H. The van der Waals surface area contributed by atoms with E-state index >= 15 is 0 Å². The third kappa shape index (κ3) is 3.06. The Labute approximate surface area is 211 Å². The summed E-state index contributed by atoms with van der Waals surface area (Å²) >= 11 is 0. The number of nitrogens with zero attached hydrogens (tertiary/aromatic N) is 3. The molecule has 4 nitrogen and oxygen atoms in total. The molecule has 0 unspecified atom stereocenters. The van der Waals surface area contributed by atoms with Crippen LogP contribution in [0.15, 0.2) is 120 Å².